The van der Waals surface area contributed by atoms with E-state index in [0.717, 1.165) is 11.1 Å². The van der Waals surface area contributed by atoms with Crippen LogP contribution in [-0.4, -0.2) is 52.5 Å². The molecule has 3 atom stereocenters. The minimum Gasteiger partial charge on any atom is -0.493 e. The van der Waals surface area contributed by atoms with Gasteiger partial charge in [0.05, 0.1) is 35.0 Å². The average Bonchev–Trinajstić information content (AvgIpc) is 2.91. The van der Waals surface area contributed by atoms with Crippen LogP contribution in [0.4, 0.5) is 0 Å². The number of carbonyl (C=O) groups excluding carboxylic acids is 2. The predicted molar refractivity (Wildman–Crippen MR) is 147 cm³/mol. The topological polar surface area (TPSA) is 92.7 Å². The number of benzene rings is 2. The van der Waals surface area contributed by atoms with Gasteiger partial charge in [-0.25, -0.2) is 0 Å². The molecule has 0 saturated carbocycles. The zero-order valence-electron chi connectivity index (χ0n) is 22.4. The van der Waals surface area contributed by atoms with E-state index in [1.807, 2.05) is 31.2 Å². The third-order valence-electron chi connectivity index (χ3n) is 7.15. The highest BCUT2D eigenvalue weighted by molar-refractivity contribution is 9.10. The van der Waals surface area contributed by atoms with E-state index in [-0.39, 0.29) is 24.7 Å². The highest BCUT2D eigenvalue weighted by atomic mass is 79.9. The second kappa shape index (κ2) is 11.6. The van der Waals surface area contributed by atoms with E-state index in [0.29, 0.717) is 50.9 Å². The third-order valence-corrected chi connectivity index (χ3v) is 7.83. The van der Waals surface area contributed by atoms with Crippen LogP contribution in [-0.2, 0) is 14.3 Å². The van der Waals surface area contributed by atoms with Crippen molar-refractivity contribution in [2.24, 2.45) is 10.9 Å². The first-order chi connectivity index (χ1) is 18.3. The van der Waals surface area contributed by atoms with E-state index in [9.17, 15) is 9.59 Å². The van der Waals surface area contributed by atoms with Crippen molar-refractivity contribution in [3.05, 3.63) is 57.2 Å². The number of ether oxygens (including phenoxy) is 5. The summed E-state index contributed by atoms with van der Waals surface area (Å²) in [7, 11) is 6.29. The number of halogens is 1. The van der Waals surface area contributed by atoms with Crippen LogP contribution in [0.1, 0.15) is 49.7 Å². The third kappa shape index (κ3) is 5.04. The van der Waals surface area contributed by atoms with Crippen molar-refractivity contribution in [2.75, 3.05) is 35.0 Å². The summed E-state index contributed by atoms with van der Waals surface area (Å²) in [6, 6.07) is 9.31. The summed E-state index contributed by atoms with van der Waals surface area (Å²) in [5, 5.41) is 0. The van der Waals surface area contributed by atoms with Gasteiger partial charge in [0.2, 0.25) is 0 Å². The number of allylic oxidation sites excluding steroid dienone is 2. The van der Waals surface area contributed by atoms with Crippen LogP contribution in [0, 0.1) is 5.92 Å². The maximum Gasteiger partial charge on any atom is 0.315 e. The largest absolute Gasteiger partial charge is 0.493 e. The summed E-state index contributed by atoms with van der Waals surface area (Å²) < 4.78 is 28.0. The van der Waals surface area contributed by atoms with Crippen molar-refractivity contribution < 1.29 is 33.3 Å². The molecule has 2 aromatic carbocycles. The SMILES string of the molecule is CCOC(=O)C1C(C)=NC2=C(C(=O)C[C@H](c3ccc(OC)c(OC)c3)C2)[C@@H]1c1cc(OC)c(OC)cc1Br. The van der Waals surface area contributed by atoms with Crippen molar-refractivity contribution >= 4 is 33.4 Å². The second-order valence-electron chi connectivity index (χ2n) is 9.19. The fourth-order valence-electron chi connectivity index (χ4n) is 5.38. The van der Waals surface area contributed by atoms with E-state index in [2.05, 4.69) is 15.9 Å². The van der Waals surface area contributed by atoms with E-state index < -0.39 is 17.8 Å². The molecule has 1 aliphatic heterocycles. The minimum absolute atomic E-state index is 0.0525. The van der Waals surface area contributed by atoms with Crippen molar-refractivity contribution in [1.82, 2.24) is 0 Å². The normalized spacial score (nSPS) is 20.9. The number of ketones is 1. The molecule has 1 unspecified atom stereocenters. The molecule has 8 nitrogen and oxygen atoms in total. The molecule has 0 amide bonds. The highest BCUT2D eigenvalue weighted by Crippen LogP contribution is 2.50. The summed E-state index contributed by atoms with van der Waals surface area (Å²) in [5.41, 5.74) is 3.53. The van der Waals surface area contributed by atoms with Crippen LogP contribution in [0.3, 0.4) is 0 Å². The Balaban J connectivity index is 1.84. The fraction of sp³-hybridized carbons (Fsp3) is 0.414. The molecule has 2 aliphatic rings. The molecule has 9 heteroatoms. The van der Waals surface area contributed by atoms with Crippen molar-refractivity contribution in [3.8, 4) is 23.0 Å². The van der Waals surface area contributed by atoms with Crippen molar-refractivity contribution in [2.45, 2.75) is 38.5 Å². The van der Waals surface area contributed by atoms with Crippen LogP contribution in [0.15, 0.2) is 51.1 Å². The molecule has 38 heavy (non-hydrogen) atoms. The Morgan fingerprint density at radius 1 is 0.947 bits per heavy atom. The molecule has 1 heterocycles. The first kappa shape index (κ1) is 27.7. The van der Waals surface area contributed by atoms with Crippen LogP contribution < -0.4 is 18.9 Å². The molecule has 0 aromatic heterocycles. The Hall–Kier alpha value is -3.33. The predicted octanol–water partition coefficient (Wildman–Crippen LogP) is 5.62. The monoisotopic (exact) mass is 585 g/mol. The van der Waals surface area contributed by atoms with E-state index >= 15 is 0 Å². The van der Waals surface area contributed by atoms with E-state index in [1.165, 1.54) is 0 Å². The van der Waals surface area contributed by atoms with Crippen LogP contribution in [0.25, 0.3) is 0 Å². The summed E-state index contributed by atoms with van der Waals surface area (Å²) in [5.74, 6) is 0.378. The average molecular weight is 586 g/mol. The van der Waals surface area contributed by atoms with Gasteiger partial charge in [-0.15, -0.1) is 0 Å². The molecule has 0 spiro atoms. The Kier molecular flexibility index (Phi) is 8.45. The Morgan fingerprint density at radius 2 is 1.58 bits per heavy atom. The molecule has 0 saturated heterocycles. The van der Waals surface area contributed by atoms with Crippen LogP contribution in [0.2, 0.25) is 0 Å². The first-order valence-corrected chi connectivity index (χ1v) is 13.2. The number of hydrogen-bond acceptors (Lipinski definition) is 8. The lowest BCUT2D eigenvalue weighted by Gasteiger charge is -2.37. The highest BCUT2D eigenvalue weighted by Gasteiger charge is 2.45. The molecule has 0 fully saturated rings. The second-order valence-corrected chi connectivity index (χ2v) is 10.0. The van der Waals surface area contributed by atoms with Gasteiger partial charge in [-0.05, 0) is 61.6 Å². The molecular formula is C29H32BrNO7. The molecule has 1 aliphatic carbocycles. The molecule has 0 bridgehead atoms. The van der Waals surface area contributed by atoms with Crippen LogP contribution in [0.5, 0.6) is 23.0 Å². The van der Waals surface area contributed by atoms with Gasteiger partial charge in [0, 0.05) is 33.8 Å². The summed E-state index contributed by atoms with van der Waals surface area (Å²) >= 11 is 3.65. The zero-order valence-corrected chi connectivity index (χ0v) is 24.0. The van der Waals surface area contributed by atoms with Crippen molar-refractivity contribution in [1.29, 1.82) is 0 Å². The first-order valence-electron chi connectivity index (χ1n) is 12.4. The quantitative estimate of drug-likeness (QED) is 0.371. The Morgan fingerprint density at radius 3 is 2.21 bits per heavy atom. The standard InChI is InChI=1S/C29H32BrNO7/c1-7-38-29(33)26-15(2)31-20-10-17(16-8-9-22(34-3)23(12-16)35-4)11-21(32)28(20)27(26)18-13-24(36-5)25(37-6)14-19(18)30/h8-9,12-14,17,26-27H,7,10-11H2,1-6H3/t17-,26?,27-/m1/s1. The van der Waals surface area contributed by atoms with Crippen LogP contribution >= 0.6 is 15.9 Å². The maximum atomic E-state index is 13.9. The smallest absolute Gasteiger partial charge is 0.315 e. The molecule has 4 rings (SSSR count). The number of esters is 1. The van der Waals surface area contributed by atoms with Gasteiger partial charge >= 0.3 is 5.97 Å². The molecular weight excluding hydrogens is 554 g/mol. The Labute approximate surface area is 231 Å². The van der Waals surface area contributed by atoms with Gasteiger partial charge in [-0.3, -0.25) is 14.6 Å². The van der Waals surface area contributed by atoms with Gasteiger partial charge < -0.3 is 23.7 Å². The fourth-order valence-corrected chi connectivity index (χ4v) is 5.95. The number of carbonyl (C=O) groups is 2. The summed E-state index contributed by atoms with van der Waals surface area (Å²) in [6.45, 7) is 3.81. The van der Waals surface area contributed by atoms with Gasteiger partial charge in [-0.1, -0.05) is 22.0 Å². The lowest BCUT2D eigenvalue weighted by atomic mass is 9.69. The van der Waals surface area contributed by atoms with Crippen molar-refractivity contribution in [3.63, 3.8) is 0 Å². The number of aliphatic imine (C=N–C) groups is 1. The van der Waals surface area contributed by atoms with Gasteiger partial charge in [0.15, 0.2) is 28.8 Å². The number of hydrogen-bond donors (Lipinski definition) is 0. The van der Waals surface area contributed by atoms with Gasteiger partial charge in [0.1, 0.15) is 5.92 Å². The molecule has 0 N–H and O–H groups in total. The lowest BCUT2D eigenvalue weighted by molar-refractivity contribution is -0.146. The number of methoxy groups -OCH3 is 4. The lowest BCUT2D eigenvalue weighted by Crippen LogP contribution is -2.38. The Bertz CT molecular complexity index is 1320. The molecule has 0 radical (unpaired) electrons. The number of rotatable bonds is 8. The van der Waals surface area contributed by atoms with E-state index in [1.54, 1.807) is 41.4 Å². The van der Waals surface area contributed by atoms with Gasteiger partial charge in [0.25, 0.3) is 0 Å². The zero-order chi connectivity index (χ0) is 27.6. The number of nitrogens with zero attached hydrogens (tertiary/aromatic N) is 1. The maximum absolute atomic E-state index is 13.9. The van der Waals surface area contributed by atoms with Gasteiger partial charge in [-0.2, -0.15) is 0 Å². The molecule has 2 aromatic rings. The number of Topliss-reactive ketones (excluding diaryl/α,β-unsaturated/α-hetero) is 1. The van der Waals surface area contributed by atoms with E-state index in [4.69, 9.17) is 28.7 Å². The summed E-state index contributed by atoms with van der Waals surface area (Å²) in [6.07, 6.45) is 0.824. The summed E-state index contributed by atoms with van der Waals surface area (Å²) in [4.78, 5) is 32.0. The molecule has 202 valence electrons. The minimum atomic E-state index is -0.746.